The number of carbonyl (C=O) groups is 1. The van der Waals surface area contributed by atoms with Crippen LogP contribution in [0.5, 0.6) is 0 Å². The molecule has 0 aliphatic heterocycles. The fraction of sp³-hybridized carbons (Fsp3) is 0. The number of hydrogen-bond donors (Lipinski definition) is 0. The van der Waals surface area contributed by atoms with Gasteiger partial charge in [-0.05, 0) is 35.9 Å². The highest BCUT2D eigenvalue weighted by atomic mass is 35.5. The first-order chi connectivity index (χ1) is 10.5. The van der Waals surface area contributed by atoms with Gasteiger partial charge in [-0.1, -0.05) is 29.8 Å². The zero-order valence-electron chi connectivity index (χ0n) is 11.2. The molecule has 22 heavy (non-hydrogen) atoms. The van der Waals surface area contributed by atoms with Crippen molar-refractivity contribution in [1.29, 1.82) is 5.26 Å². The minimum absolute atomic E-state index is 0.0211. The fourth-order valence-electron chi connectivity index (χ4n) is 1.79. The zero-order chi connectivity index (χ0) is 16.1. The van der Waals surface area contributed by atoms with Crippen molar-refractivity contribution in [2.24, 2.45) is 0 Å². The number of rotatable bonds is 4. The van der Waals surface area contributed by atoms with E-state index in [-0.39, 0.29) is 22.1 Å². The first-order valence-corrected chi connectivity index (χ1v) is 6.55. The number of allylic oxidation sites excluding steroid dienone is 1. The van der Waals surface area contributed by atoms with Crippen molar-refractivity contribution >= 4 is 29.1 Å². The quantitative estimate of drug-likeness (QED) is 0.369. The topological polar surface area (TPSA) is 84.0 Å². The molecule has 0 aliphatic rings. The molecule has 6 heteroatoms. The second kappa shape index (κ2) is 6.66. The summed E-state index contributed by atoms with van der Waals surface area (Å²) in [6.07, 6.45) is 2.84. The van der Waals surface area contributed by atoms with Gasteiger partial charge < -0.3 is 0 Å². The monoisotopic (exact) mass is 312 g/mol. The second-order valence-corrected chi connectivity index (χ2v) is 4.77. The van der Waals surface area contributed by atoms with Crippen LogP contribution in [0.25, 0.3) is 6.08 Å². The Balaban J connectivity index is 2.25. The Morgan fingerprint density at radius 2 is 2.05 bits per heavy atom. The van der Waals surface area contributed by atoms with Gasteiger partial charge >= 0.3 is 0 Å². The summed E-state index contributed by atoms with van der Waals surface area (Å²) in [5.74, 6) is -0.387. The van der Waals surface area contributed by atoms with E-state index in [0.29, 0.717) is 11.1 Å². The standard InChI is InChI=1S/C16H9ClN2O3/c17-14-6-5-13(9-15(14)19(21)22)16(20)7-4-11-2-1-3-12(8-11)10-18/h1-9H/b7-4+. The molecular formula is C16H9ClN2O3. The van der Waals surface area contributed by atoms with E-state index in [1.54, 1.807) is 30.3 Å². The smallest absolute Gasteiger partial charge is 0.288 e. The van der Waals surface area contributed by atoms with E-state index < -0.39 is 4.92 Å². The van der Waals surface area contributed by atoms with Gasteiger partial charge in [-0.15, -0.1) is 0 Å². The lowest BCUT2D eigenvalue weighted by molar-refractivity contribution is -0.384. The van der Waals surface area contributed by atoms with Crippen LogP contribution in [0, 0.1) is 21.4 Å². The average Bonchev–Trinajstić information content (AvgIpc) is 2.53. The molecule has 2 aromatic carbocycles. The molecule has 0 bridgehead atoms. The molecule has 0 fully saturated rings. The minimum Gasteiger partial charge on any atom is -0.289 e. The number of nitro groups is 1. The molecule has 0 atom stereocenters. The number of nitrogens with zero attached hydrogens (tertiary/aromatic N) is 2. The average molecular weight is 313 g/mol. The van der Waals surface area contributed by atoms with Crippen molar-refractivity contribution < 1.29 is 9.72 Å². The SMILES string of the molecule is N#Cc1cccc(/C=C/C(=O)c2ccc(Cl)c([N+](=O)[O-])c2)c1. The Hall–Kier alpha value is -2.97. The van der Waals surface area contributed by atoms with E-state index in [1.165, 1.54) is 18.2 Å². The third-order valence-corrected chi connectivity index (χ3v) is 3.19. The highest BCUT2D eigenvalue weighted by Gasteiger charge is 2.14. The molecule has 0 spiro atoms. The van der Waals surface area contributed by atoms with E-state index in [9.17, 15) is 14.9 Å². The number of hydrogen-bond acceptors (Lipinski definition) is 4. The summed E-state index contributed by atoms with van der Waals surface area (Å²) in [7, 11) is 0. The molecule has 2 rings (SSSR count). The molecular weight excluding hydrogens is 304 g/mol. The molecule has 0 aromatic heterocycles. The van der Waals surface area contributed by atoms with E-state index in [1.807, 2.05) is 6.07 Å². The molecule has 0 N–H and O–H groups in total. The van der Waals surface area contributed by atoms with Gasteiger partial charge in [0.1, 0.15) is 5.02 Å². The van der Waals surface area contributed by atoms with Crippen LogP contribution in [0.4, 0.5) is 5.69 Å². The number of halogens is 1. The molecule has 0 amide bonds. The van der Waals surface area contributed by atoms with Gasteiger partial charge in [-0.2, -0.15) is 5.26 Å². The summed E-state index contributed by atoms with van der Waals surface area (Å²) in [4.78, 5) is 22.2. The highest BCUT2D eigenvalue weighted by molar-refractivity contribution is 6.32. The lowest BCUT2D eigenvalue weighted by atomic mass is 10.1. The molecule has 0 saturated heterocycles. The number of nitriles is 1. The van der Waals surface area contributed by atoms with Crippen LogP contribution >= 0.6 is 11.6 Å². The van der Waals surface area contributed by atoms with Crippen LogP contribution in [0.3, 0.4) is 0 Å². The normalized spacial score (nSPS) is 10.4. The fourth-order valence-corrected chi connectivity index (χ4v) is 1.97. The van der Waals surface area contributed by atoms with Crippen LogP contribution in [-0.2, 0) is 0 Å². The Morgan fingerprint density at radius 1 is 1.27 bits per heavy atom. The summed E-state index contributed by atoms with van der Waals surface area (Å²) in [5.41, 5.74) is 1.03. The van der Waals surface area contributed by atoms with Gasteiger partial charge in [0.25, 0.3) is 5.69 Å². The molecule has 5 nitrogen and oxygen atoms in total. The van der Waals surface area contributed by atoms with Gasteiger partial charge in [0.05, 0.1) is 16.6 Å². The van der Waals surface area contributed by atoms with Gasteiger partial charge in [0.2, 0.25) is 0 Å². The molecule has 0 aliphatic carbocycles. The summed E-state index contributed by atoms with van der Waals surface area (Å²) < 4.78 is 0. The third kappa shape index (κ3) is 3.57. The summed E-state index contributed by atoms with van der Waals surface area (Å²) >= 11 is 5.70. The van der Waals surface area contributed by atoms with Crippen LogP contribution in [0.1, 0.15) is 21.5 Å². The largest absolute Gasteiger partial charge is 0.289 e. The number of carbonyl (C=O) groups excluding carboxylic acids is 1. The molecule has 0 saturated carbocycles. The Bertz CT molecular complexity index is 822. The van der Waals surface area contributed by atoms with Crippen molar-refractivity contribution in [3.63, 3.8) is 0 Å². The molecule has 108 valence electrons. The van der Waals surface area contributed by atoms with E-state index >= 15 is 0 Å². The van der Waals surface area contributed by atoms with Crippen molar-refractivity contribution in [1.82, 2.24) is 0 Å². The predicted octanol–water partition coefficient (Wildman–Crippen LogP) is 4.02. The molecule has 0 unspecified atom stereocenters. The van der Waals surface area contributed by atoms with Gasteiger partial charge in [0, 0.05) is 11.6 Å². The van der Waals surface area contributed by atoms with Crippen LogP contribution < -0.4 is 0 Å². The number of benzene rings is 2. The second-order valence-electron chi connectivity index (χ2n) is 4.36. The summed E-state index contributed by atoms with van der Waals surface area (Å²) in [6, 6.07) is 12.6. The number of nitro benzene ring substituents is 1. The van der Waals surface area contributed by atoms with Crippen LogP contribution in [0.2, 0.25) is 5.02 Å². The Morgan fingerprint density at radius 3 is 2.73 bits per heavy atom. The highest BCUT2D eigenvalue weighted by Crippen LogP contribution is 2.25. The maximum absolute atomic E-state index is 12.0. The van der Waals surface area contributed by atoms with Crippen molar-refractivity contribution in [3.05, 3.63) is 80.4 Å². The first-order valence-electron chi connectivity index (χ1n) is 6.18. The molecule has 0 radical (unpaired) electrons. The summed E-state index contributed by atoms with van der Waals surface area (Å²) in [6.45, 7) is 0. The van der Waals surface area contributed by atoms with Crippen molar-refractivity contribution in [2.75, 3.05) is 0 Å². The van der Waals surface area contributed by atoms with Crippen LogP contribution in [0.15, 0.2) is 48.5 Å². The first kappa shape index (κ1) is 15.4. The van der Waals surface area contributed by atoms with E-state index in [0.717, 1.165) is 6.07 Å². The maximum atomic E-state index is 12.0. The number of ketones is 1. The van der Waals surface area contributed by atoms with Crippen LogP contribution in [-0.4, -0.2) is 10.7 Å². The van der Waals surface area contributed by atoms with E-state index in [2.05, 4.69) is 0 Å². The van der Waals surface area contributed by atoms with E-state index in [4.69, 9.17) is 16.9 Å². The van der Waals surface area contributed by atoms with Gasteiger partial charge in [0.15, 0.2) is 5.78 Å². The lowest BCUT2D eigenvalue weighted by Crippen LogP contribution is -1.97. The van der Waals surface area contributed by atoms with Gasteiger partial charge in [-0.3, -0.25) is 14.9 Å². The third-order valence-electron chi connectivity index (χ3n) is 2.87. The Labute approximate surface area is 131 Å². The predicted molar refractivity (Wildman–Crippen MR) is 82.6 cm³/mol. The maximum Gasteiger partial charge on any atom is 0.288 e. The molecule has 0 heterocycles. The van der Waals surface area contributed by atoms with Gasteiger partial charge in [-0.25, -0.2) is 0 Å². The zero-order valence-corrected chi connectivity index (χ0v) is 11.9. The van der Waals surface area contributed by atoms with Crippen molar-refractivity contribution in [3.8, 4) is 6.07 Å². The molecule has 2 aromatic rings. The Kier molecular flexibility index (Phi) is 4.66. The summed E-state index contributed by atoms with van der Waals surface area (Å²) in [5, 5.41) is 19.6. The van der Waals surface area contributed by atoms with Crippen molar-refractivity contribution in [2.45, 2.75) is 0 Å². The lowest BCUT2D eigenvalue weighted by Gasteiger charge is -1.99. The minimum atomic E-state index is -0.640.